The van der Waals surface area contributed by atoms with Gasteiger partial charge in [-0.3, -0.25) is 0 Å². The Morgan fingerprint density at radius 3 is 2.12 bits per heavy atom. The smallest absolute Gasteiger partial charge is 0.0353 e. The fourth-order valence-electron chi connectivity index (χ4n) is 2.12. The van der Waals surface area contributed by atoms with Gasteiger partial charge in [0.15, 0.2) is 0 Å². The summed E-state index contributed by atoms with van der Waals surface area (Å²) in [6, 6.07) is 0. The summed E-state index contributed by atoms with van der Waals surface area (Å²) in [5.74, 6) is 1.87. The average Bonchev–Trinajstić information content (AvgIpc) is 2.28. The molecule has 0 amide bonds. The van der Waals surface area contributed by atoms with Crippen LogP contribution in [-0.4, -0.2) is 0 Å². The van der Waals surface area contributed by atoms with Gasteiger partial charge in [0, 0.05) is 0 Å². The topological polar surface area (TPSA) is 0 Å². The predicted octanol–water partition coefficient (Wildman–Crippen LogP) is 5.98. The van der Waals surface area contributed by atoms with Crippen LogP contribution in [0.4, 0.5) is 0 Å². The van der Waals surface area contributed by atoms with Crippen LogP contribution in [0.5, 0.6) is 0 Å². The van der Waals surface area contributed by atoms with Crippen molar-refractivity contribution in [3.63, 3.8) is 0 Å². The maximum absolute atomic E-state index is 3.76. The van der Waals surface area contributed by atoms with Crippen LogP contribution >= 0.6 is 0 Å². The van der Waals surface area contributed by atoms with E-state index in [9.17, 15) is 0 Å². The van der Waals surface area contributed by atoms with Crippen LogP contribution in [0.1, 0.15) is 78.6 Å². The highest BCUT2D eigenvalue weighted by Crippen LogP contribution is 2.19. The lowest BCUT2D eigenvalue weighted by atomic mass is 9.94. The molecule has 0 aromatic rings. The van der Waals surface area contributed by atoms with Gasteiger partial charge >= 0.3 is 0 Å². The van der Waals surface area contributed by atoms with E-state index >= 15 is 0 Å². The minimum Gasteiger partial charge on any atom is -0.103 e. The van der Waals surface area contributed by atoms with Crippen LogP contribution in [0.3, 0.4) is 0 Å². The third kappa shape index (κ3) is 10.3. The Morgan fingerprint density at radius 1 is 0.875 bits per heavy atom. The van der Waals surface area contributed by atoms with Crippen LogP contribution in [-0.2, 0) is 0 Å². The van der Waals surface area contributed by atoms with E-state index in [1.165, 1.54) is 57.8 Å². The minimum absolute atomic E-state index is 0.930. The van der Waals surface area contributed by atoms with E-state index in [4.69, 9.17) is 0 Å². The Balaban J connectivity index is 3.24. The molecule has 0 aliphatic rings. The van der Waals surface area contributed by atoms with E-state index in [0.29, 0.717) is 0 Å². The molecular weight excluding hydrogens is 192 g/mol. The SMILES string of the molecule is C=CCCCCCC(C)CCCC(C)CC. The molecule has 0 saturated carbocycles. The molecule has 0 saturated heterocycles. The third-order valence-electron chi connectivity index (χ3n) is 3.70. The van der Waals surface area contributed by atoms with Gasteiger partial charge in [-0.15, -0.1) is 6.58 Å². The normalized spacial score (nSPS) is 14.7. The summed E-state index contributed by atoms with van der Waals surface area (Å²) in [7, 11) is 0. The van der Waals surface area contributed by atoms with Crippen molar-refractivity contribution in [1.29, 1.82) is 0 Å². The first-order valence-electron chi connectivity index (χ1n) is 7.31. The van der Waals surface area contributed by atoms with Gasteiger partial charge < -0.3 is 0 Å². The molecule has 2 atom stereocenters. The second kappa shape index (κ2) is 11.2. The molecule has 0 fully saturated rings. The largest absolute Gasteiger partial charge is 0.103 e. The molecule has 0 aromatic carbocycles. The molecule has 0 heteroatoms. The summed E-state index contributed by atoms with van der Waals surface area (Å²) in [5, 5.41) is 0. The number of allylic oxidation sites excluding steroid dienone is 1. The third-order valence-corrected chi connectivity index (χ3v) is 3.70. The summed E-state index contributed by atoms with van der Waals surface area (Å²) < 4.78 is 0. The highest BCUT2D eigenvalue weighted by atomic mass is 14.1. The van der Waals surface area contributed by atoms with Crippen molar-refractivity contribution >= 4 is 0 Å². The molecule has 0 heterocycles. The number of hydrogen-bond acceptors (Lipinski definition) is 0. The van der Waals surface area contributed by atoms with E-state index in [1.54, 1.807) is 0 Å². The van der Waals surface area contributed by atoms with Gasteiger partial charge in [-0.1, -0.05) is 71.8 Å². The first-order chi connectivity index (χ1) is 7.70. The molecule has 0 N–H and O–H groups in total. The zero-order chi connectivity index (χ0) is 12.2. The number of hydrogen-bond donors (Lipinski definition) is 0. The Hall–Kier alpha value is -0.260. The molecule has 0 aliphatic heterocycles. The zero-order valence-corrected chi connectivity index (χ0v) is 11.8. The molecule has 0 aliphatic carbocycles. The van der Waals surface area contributed by atoms with Crippen molar-refractivity contribution in [1.82, 2.24) is 0 Å². The van der Waals surface area contributed by atoms with Crippen LogP contribution in [0, 0.1) is 11.8 Å². The van der Waals surface area contributed by atoms with E-state index in [0.717, 1.165) is 11.8 Å². The Labute approximate surface area is 104 Å². The molecule has 96 valence electrons. The van der Waals surface area contributed by atoms with Gasteiger partial charge in [-0.25, -0.2) is 0 Å². The van der Waals surface area contributed by atoms with Gasteiger partial charge in [-0.05, 0) is 24.7 Å². The highest BCUT2D eigenvalue weighted by Gasteiger charge is 2.04. The zero-order valence-electron chi connectivity index (χ0n) is 11.8. The lowest BCUT2D eigenvalue weighted by Gasteiger charge is -2.13. The van der Waals surface area contributed by atoms with E-state index in [2.05, 4.69) is 27.4 Å². The second-order valence-corrected chi connectivity index (χ2v) is 5.48. The van der Waals surface area contributed by atoms with E-state index < -0.39 is 0 Å². The summed E-state index contributed by atoms with van der Waals surface area (Å²) in [6.45, 7) is 10.9. The van der Waals surface area contributed by atoms with Gasteiger partial charge in [0.25, 0.3) is 0 Å². The van der Waals surface area contributed by atoms with Crippen LogP contribution in [0.25, 0.3) is 0 Å². The monoisotopic (exact) mass is 224 g/mol. The van der Waals surface area contributed by atoms with E-state index in [1.807, 2.05) is 6.08 Å². The summed E-state index contributed by atoms with van der Waals surface area (Å²) in [4.78, 5) is 0. The first-order valence-corrected chi connectivity index (χ1v) is 7.31. The molecule has 16 heavy (non-hydrogen) atoms. The lowest BCUT2D eigenvalue weighted by molar-refractivity contribution is 0.407. The minimum atomic E-state index is 0.930. The fraction of sp³-hybridized carbons (Fsp3) is 0.875. The van der Waals surface area contributed by atoms with Crippen molar-refractivity contribution in [3.8, 4) is 0 Å². The lowest BCUT2D eigenvalue weighted by Crippen LogP contribution is -1.98. The molecule has 0 spiro atoms. The highest BCUT2D eigenvalue weighted by molar-refractivity contribution is 4.65. The molecule has 0 aromatic heterocycles. The maximum atomic E-state index is 3.76. The van der Waals surface area contributed by atoms with E-state index in [-0.39, 0.29) is 0 Å². The molecule has 2 unspecified atom stereocenters. The van der Waals surface area contributed by atoms with Crippen LogP contribution in [0.2, 0.25) is 0 Å². The van der Waals surface area contributed by atoms with Gasteiger partial charge in [0.1, 0.15) is 0 Å². The van der Waals surface area contributed by atoms with Crippen LogP contribution < -0.4 is 0 Å². The molecular formula is C16H32. The van der Waals surface area contributed by atoms with Gasteiger partial charge in [0.05, 0.1) is 0 Å². The van der Waals surface area contributed by atoms with Gasteiger partial charge in [-0.2, -0.15) is 0 Å². The molecule has 0 rings (SSSR count). The van der Waals surface area contributed by atoms with Crippen molar-refractivity contribution in [2.45, 2.75) is 78.6 Å². The quantitative estimate of drug-likeness (QED) is 0.299. The Morgan fingerprint density at radius 2 is 1.50 bits per heavy atom. The number of rotatable bonds is 11. The maximum Gasteiger partial charge on any atom is -0.0353 e. The second-order valence-electron chi connectivity index (χ2n) is 5.48. The molecule has 0 nitrogen and oxygen atoms in total. The fourth-order valence-corrected chi connectivity index (χ4v) is 2.12. The van der Waals surface area contributed by atoms with Crippen molar-refractivity contribution in [3.05, 3.63) is 12.7 Å². The number of unbranched alkanes of at least 4 members (excludes halogenated alkanes) is 3. The van der Waals surface area contributed by atoms with Crippen molar-refractivity contribution < 1.29 is 0 Å². The first kappa shape index (κ1) is 15.7. The molecule has 0 radical (unpaired) electrons. The predicted molar refractivity (Wildman–Crippen MR) is 75.8 cm³/mol. The van der Waals surface area contributed by atoms with Crippen LogP contribution in [0.15, 0.2) is 12.7 Å². The van der Waals surface area contributed by atoms with Crippen molar-refractivity contribution in [2.24, 2.45) is 11.8 Å². The summed E-state index contributed by atoms with van der Waals surface area (Å²) in [5.41, 5.74) is 0. The van der Waals surface area contributed by atoms with Gasteiger partial charge in [0.2, 0.25) is 0 Å². The molecule has 0 bridgehead atoms. The average molecular weight is 224 g/mol. The summed E-state index contributed by atoms with van der Waals surface area (Å²) >= 11 is 0. The van der Waals surface area contributed by atoms with Crippen molar-refractivity contribution in [2.75, 3.05) is 0 Å². The Kier molecular flexibility index (Phi) is 11.0. The summed E-state index contributed by atoms with van der Waals surface area (Å²) in [6.07, 6.45) is 14.4. The Bertz CT molecular complexity index is 148. The standard InChI is InChI=1S/C16H32/c1-5-7-8-9-10-12-16(4)14-11-13-15(3)6-2/h5,15-16H,1,6-14H2,2-4H3.